The molecular weight excluding hydrogens is 424 g/mol. The first kappa shape index (κ1) is 25.6. The summed E-state index contributed by atoms with van der Waals surface area (Å²) < 4.78 is 3.83. The van der Waals surface area contributed by atoms with Crippen LogP contribution in [-0.4, -0.2) is 55.7 Å². The summed E-state index contributed by atoms with van der Waals surface area (Å²) in [5, 5.41) is 1.34. The second-order valence-electron chi connectivity index (χ2n) is 8.82. The number of fused-ring (bicyclic) bond motifs is 2. The lowest BCUT2D eigenvalue weighted by Crippen LogP contribution is -2.35. The van der Waals surface area contributed by atoms with Crippen LogP contribution in [0.3, 0.4) is 0 Å². The lowest BCUT2D eigenvalue weighted by Gasteiger charge is -2.27. The fourth-order valence-corrected chi connectivity index (χ4v) is 5.37. The van der Waals surface area contributed by atoms with E-state index in [1.54, 1.807) is 0 Å². The summed E-state index contributed by atoms with van der Waals surface area (Å²) in [6.45, 7) is 19.0. The molecule has 33 heavy (non-hydrogen) atoms. The maximum absolute atomic E-state index is 4.99. The fraction of sp³-hybridized carbons (Fsp3) is 0.571. The van der Waals surface area contributed by atoms with Gasteiger partial charge in [0.25, 0.3) is 0 Å². The first-order chi connectivity index (χ1) is 16.1. The van der Waals surface area contributed by atoms with Gasteiger partial charge in [-0.3, -0.25) is 0 Å². The van der Waals surface area contributed by atoms with E-state index < -0.39 is 0 Å². The summed E-state index contributed by atoms with van der Waals surface area (Å²) >= 11 is 1.88. The normalized spacial score (nSPS) is 11.6. The van der Waals surface area contributed by atoms with Crippen LogP contribution in [0.2, 0.25) is 0 Å². The molecule has 0 unspecified atom stereocenters. The van der Waals surface area contributed by atoms with E-state index in [0.29, 0.717) is 0 Å². The maximum atomic E-state index is 4.99. The molecule has 0 amide bonds. The summed E-state index contributed by atoms with van der Waals surface area (Å²) in [6.07, 6.45) is 4.95. The highest BCUT2D eigenvalue weighted by atomic mass is 32.1. The molecule has 0 spiro atoms. The van der Waals surface area contributed by atoms with Crippen LogP contribution in [0.5, 0.6) is 0 Å². The van der Waals surface area contributed by atoms with E-state index in [1.807, 2.05) is 11.3 Å². The topological polar surface area (TPSA) is 22.4 Å². The number of rotatable bonds is 13. The largest absolute Gasteiger partial charge is 0.370 e. The Morgan fingerprint density at radius 1 is 0.818 bits per heavy atom. The van der Waals surface area contributed by atoms with Crippen molar-refractivity contribution in [3.8, 4) is 10.6 Å². The average molecular weight is 468 g/mol. The van der Waals surface area contributed by atoms with Crippen LogP contribution >= 0.6 is 11.3 Å². The zero-order valence-electron chi connectivity index (χ0n) is 21.4. The number of hydrogen-bond acceptors (Lipinski definition) is 4. The van der Waals surface area contributed by atoms with E-state index >= 15 is 0 Å². The molecule has 0 saturated heterocycles. The van der Waals surface area contributed by atoms with E-state index in [0.717, 1.165) is 57.0 Å². The predicted octanol–water partition coefficient (Wildman–Crippen LogP) is 5.94. The van der Waals surface area contributed by atoms with Crippen LogP contribution in [0.15, 0.2) is 36.4 Å². The van der Waals surface area contributed by atoms with Crippen molar-refractivity contribution in [2.45, 2.75) is 60.3 Å². The van der Waals surface area contributed by atoms with E-state index in [-0.39, 0.29) is 0 Å². The minimum atomic E-state index is 1.02. The molecule has 5 heteroatoms. The van der Waals surface area contributed by atoms with Gasteiger partial charge in [-0.15, -0.1) is 11.3 Å². The van der Waals surface area contributed by atoms with Crippen molar-refractivity contribution in [2.75, 3.05) is 50.7 Å². The van der Waals surface area contributed by atoms with Gasteiger partial charge >= 0.3 is 0 Å². The van der Waals surface area contributed by atoms with E-state index in [9.17, 15) is 0 Å². The van der Waals surface area contributed by atoms with Crippen LogP contribution in [0.25, 0.3) is 20.8 Å². The molecule has 4 nitrogen and oxygen atoms in total. The lowest BCUT2D eigenvalue weighted by atomic mass is 10.2. The number of hydrogen-bond donors (Lipinski definition) is 0. The summed E-state index contributed by atoms with van der Waals surface area (Å²) in [6, 6.07) is 13.6. The van der Waals surface area contributed by atoms with Crippen molar-refractivity contribution in [3.05, 3.63) is 41.8 Å². The highest BCUT2D eigenvalue weighted by molar-refractivity contribution is 7.21. The second-order valence-corrected chi connectivity index (χ2v) is 9.90. The zero-order valence-corrected chi connectivity index (χ0v) is 22.3. The van der Waals surface area contributed by atoms with Gasteiger partial charge in [-0.1, -0.05) is 40.5 Å². The Morgan fingerprint density at radius 2 is 1.55 bits per heavy atom. The Bertz CT molecular complexity index is 1030. The van der Waals surface area contributed by atoms with Gasteiger partial charge < -0.3 is 9.80 Å². The molecule has 0 N–H and O–H groups in total. The number of aromatic nitrogens is 1. The first-order valence-electron chi connectivity index (χ1n) is 13.0. The standard InChI is InChI=1S/C28H43N4S/c1-6-11-17-32(18-12-7-2)24-14-16-26-28(22-24)33-27-21-23(13-15-25(27)29-26)31(10-5)20-19-30(8-3)9-4/h13-16,21-22H,6-12,17-20H2,1-5H3/q+1. The second kappa shape index (κ2) is 13.0. The maximum Gasteiger partial charge on any atom is 0.201 e. The molecule has 0 saturated carbocycles. The monoisotopic (exact) mass is 467 g/mol. The van der Waals surface area contributed by atoms with E-state index in [1.165, 1.54) is 46.3 Å². The molecule has 1 aliphatic carbocycles. The summed E-state index contributed by atoms with van der Waals surface area (Å²) in [5.41, 5.74) is 3.50. The minimum absolute atomic E-state index is 1.02. The SMILES string of the molecule is CCCC[N+](CCCC)=c1ccc2nc3ccc(N(CC)CCN(CC)CC)cc3sc-2c1. The van der Waals surface area contributed by atoms with Crippen molar-refractivity contribution in [1.29, 1.82) is 0 Å². The number of unbranched alkanes of at least 4 members (excludes halogenated alkanes) is 2. The van der Waals surface area contributed by atoms with Gasteiger partial charge in [-0.2, -0.15) is 0 Å². The van der Waals surface area contributed by atoms with Crippen LogP contribution in [0.4, 0.5) is 5.69 Å². The van der Waals surface area contributed by atoms with E-state index in [4.69, 9.17) is 4.98 Å². The van der Waals surface area contributed by atoms with Crippen LogP contribution in [0, 0.1) is 0 Å². The molecule has 0 radical (unpaired) electrons. The van der Waals surface area contributed by atoms with Crippen LogP contribution in [-0.2, 0) is 0 Å². The molecule has 2 aliphatic rings. The van der Waals surface area contributed by atoms with Gasteiger partial charge in [0.1, 0.15) is 13.1 Å². The predicted molar refractivity (Wildman–Crippen MR) is 147 cm³/mol. The quantitative estimate of drug-likeness (QED) is 0.229. The average Bonchev–Trinajstić information content (AvgIpc) is 2.85. The number of likely N-dealkylation sites (N-methyl/N-ethyl adjacent to an activating group) is 2. The molecule has 0 aromatic heterocycles. The molecule has 1 aliphatic heterocycles. The molecule has 1 aromatic rings. The number of nitrogens with zero attached hydrogens (tertiary/aromatic N) is 4. The number of benzene rings is 2. The summed E-state index contributed by atoms with van der Waals surface area (Å²) in [5.74, 6) is 0. The van der Waals surface area contributed by atoms with Crippen molar-refractivity contribution in [2.24, 2.45) is 0 Å². The Morgan fingerprint density at radius 3 is 2.18 bits per heavy atom. The molecule has 3 rings (SSSR count). The molecule has 180 valence electrons. The highest BCUT2D eigenvalue weighted by Gasteiger charge is 2.13. The molecule has 1 heterocycles. The fourth-order valence-electron chi connectivity index (χ4n) is 4.34. The minimum Gasteiger partial charge on any atom is -0.370 e. The third-order valence-corrected chi connectivity index (χ3v) is 7.70. The van der Waals surface area contributed by atoms with Crippen LogP contribution < -0.4 is 14.8 Å². The van der Waals surface area contributed by atoms with E-state index in [2.05, 4.69) is 85.4 Å². The van der Waals surface area contributed by atoms with Gasteiger partial charge in [0, 0.05) is 50.3 Å². The molecular formula is C28H43N4S+. The molecule has 0 fully saturated rings. The smallest absolute Gasteiger partial charge is 0.201 e. The first-order valence-corrected chi connectivity index (χ1v) is 13.8. The Labute approximate surface area is 204 Å². The zero-order chi connectivity index (χ0) is 23.6. The Kier molecular flexibility index (Phi) is 10.1. The molecule has 0 atom stereocenters. The van der Waals surface area contributed by atoms with Gasteiger partial charge in [0.05, 0.1) is 20.8 Å². The third kappa shape index (κ3) is 6.77. The van der Waals surface area contributed by atoms with Gasteiger partial charge in [0.15, 0.2) is 0 Å². The van der Waals surface area contributed by atoms with Gasteiger partial charge in [-0.25, -0.2) is 9.56 Å². The van der Waals surface area contributed by atoms with Crippen molar-refractivity contribution < 1.29 is 0 Å². The third-order valence-electron chi connectivity index (χ3n) is 6.60. The van der Waals surface area contributed by atoms with Crippen molar-refractivity contribution in [1.82, 2.24) is 14.5 Å². The molecule has 0 bridgehead atoms. The van der Waals surface area contributed by atoms with Crippen molar-refractivity contribution in [3.63, 3.8) is 0 Å². The van der Waals surface area contributed by atoms with Gasteiger partial charge in [-0.05, 0) is 44.3 Å². The Balaban J connectivity index is 1.96. The molecule has 1 aromatic carbocycles. The summed E-state index contributed by atoms with van der Waals surface area (Å²) in [7, 11) is 0. The number of anilines is 1. The van der Waals surface area contributed by atoms with Gasteiger partial charge in [0.2, 0.25) is 5.36 Å². The van der Waals surface area contributed by atoms with Crippen molar-refractivity contribution >= 4 is 27.2 Å². The highest BCUT2D eigenvalue weighted by Crippen LogP contribution is 2.31. The lowest BCUT2D eigenvalue weighted by molar-refractivity contribution is 0.310. The Hall–Kier alpha value is -1.98. The summed E-state index contributed by atoms with van der Waals surface area (Å²) in [4.78, 5) is 11.3. The van der Waals surface area contributed by atoms with Crippen LogP contribution in [0.1, 0.15) is 60.3 Å².